The lowest BCUT2D eigenvalue weighted by Gasteiger charge is -2.19. The minimum Gasteiger partial charge on any atom is -0.383 e. The molecule has 0 radical (unpaired) electrons. The molecule has 0 aliphatic heterocycles. The van der Waals surface area contributed by atoms with Gasteiger partial charge in [0.25, 0.3) is 0 Å². The van der Waals surface area contributed by atoms with Gasteiger partial charge in [-0.05, 0) is 37.6 Å². The Labute approximate surface area is 119 Å². The van der Waals surface area contributed by atoms with Gasteiger partial charge in [-0.3, -0.25) is 0 Å². The highest BCUT2D eigenvalue weighted by molar-refractivity contribution is 7.90. The fraction of sp³-hybridized carbons (Fsp3) is 0.538. The van der Waals surface area contributed by atoms with Crippen molar-refractivity contribution in [2.45, 2.75) is 23.8 Å². The maximum absolute atomic E-state index is 13.8. The smallest absolute Gasteiger partial charge is 0.175 e. The molecular formula is C13H21FN2O3S. The van der Waals surface area contributed by atoms with Gasteiger partial charge in [-0.2, -0.15) is 0 Å². The number of hydrogen-bond acceptors (Lipinski definition) is 5. The van der Waals surface area contributed by atoms with E-state index in [1.807, 2.05) is 0 Å². The molecule has 7 heteroatoms. The highest BCUT2D eigenvalue weighted by Crippen LogP contribution is 2.21. The lowest BCUT2D eigenvalue weighted by atomic mass is 10.1. The lowest BCUT2D eigenvalue weighted by Crippen LogP contribution is -2.26. The second kappa shape index (κ2) is 7.56. The predicted octanol–water partition coefficient (Wildman–Crippen LogP) is 1.40. The fourth-order valence-electron chi connectivity index (χ4n) is 1.83. The van der Waals surface area contributed by atoms with Crippen LogP contribution in [-0.2, 0) is 14.6 Å². The van der Waals surface area contributed by atoms with Crippen molar-refractivity contribution in [1.29, 1.82) is 0 Å². The average Bonchev–Trinajstić information content (AvgIpc) is 2.37. The van der Waals surface area contributed by atoms with Crippen LogP contribution in [0.2, 0.25) is 0 Å². The van der Waals surface area contributed by atoms with Crippen LogP contribution in [0.25, 0.3) is 0 Å². The number of nitrogens with one attached hydrogen (secondary N) is 1. The molecule has 1 unspecified atom stereocenters. The molecule has 0 amide bonds. The first kappa shape index (κ1) is 16.9. The first-order valence-corrected chi connectivity index (χ1v) is 8.22. The molecule has 1 aromatic rings. The van der Waals surface area contributed by atoms with Gasteiger partial charge in [0.05, 0.1) is 17.2 Å². The molecule has 0 saturated carbocycles. The van der Waals surface area contributed by atoms with Crippen LogP contribution in [0.3, 0.4) is 0 Å². The molecule has 0 saturated heterocycles. The molecule has 0 spiro atoms. The Balaban J connectivity index is 2.93. The number of anilines is 1. The maximum atomic E-state index is 13.8. The van der Waals surface area contributed by atoms with Crippen molar-refractivity contribution in [3.8, 4) is 0 Å². The van der Waals surface area contributed by atoms with E-state index in [-0.39, 0.29) is 16.6 Å². The average molecular weight is 304 g/mol. The van der Waals surface area contributed by atoms with Gasteiger partial charge >= 0.3 is 0 Å². The number of sulfone groups is 1. The van der Waals surface area contributed by atoms with Crippen LogP contribution >= 0.6 is 0 Å². The number of rotatable bonds is 8. The molecule has 0 bridgehead atoms. The minimum atomic E-state index is -3.37. The number of nitrogens with two attached hydrogens (primary N) is 1. The number of benzene rings is 1. The van der Waals surface area contributed by atoms with E-state index in [0.29, 0.717) is 19.6 Å². The summed E-state index contributed by atoms with van der Waals surface area (Å²) < 4.78 is 41.8. The van der Waals surface area contributed by atoms with Gasteiger partial charge in [0.1, 0.15) is 5.82 Å². The van der Waals surface area contributed by atoms with Crippen LogP contribution in [0.4, 0.5) is 10.1 Å². The van der Waals surface area contributed by atoms with Crippen LogP contribution in [0.15, 0.2) is 23.1 Å². The van der Waals surface area contributed by atoms with E-state index in [1.165, 1.54) is 12.1 Å². The largest absolute Gasteiger partial charge is 0.383 e. The number of ether oxygens (including phenoxy) is 1. The zero-order valence-corrected chi connectivity index (χ0v) is 12.5. The molecular weight excluding hydrogens is 283 g/mol. The lowest BCUT2D eigenvalue weighted by molar-refractivity contribution is 0.182. The van der Waals surface area contributed by atoms with E-state index in [0.717, 1.165) is 18.7 Å². The van der Waals surface area contributed by atoms with Gasteiger partial charge in [-0.25, -0.2) is 12.8 Å². The van der Waals surface area contributed by atoms with Gasteiger partial charge in [-0.15, -0.1) is 0 Å². The van der Waals surface area contributed by atoms with Gasteiger partial charge < -0.3 is 15.8 Å². The predicted molar refractivity (Wildman–Crippen MR) is 77.1 cm³/mol. The van der Waals surface area contributed by atoms with Crippen LogP contribution in [0.5, 0.6) is 0 Å². The van der Waals surface area contributed by atoms with Crippen molar-refractivity contribution in [3.05, 3.63) is 24.0 Å². The SMILES string of the molecule is COCC(CCCN)Nc1cc(S(C)(=O)=O)ccc1F. The molecule has 1 atom stereocenters. The molecule has 0 aromatic heterocycles. The van der Waals surface area contributed by atoms with Gasteiger partial charge in [-0.1, -0.05) is 0 Å². The van der Waals surface area contributed by atoms with Crippen LogP contribution < -0.4 is 11.1 Å². The van der Waals surface area contributed by atoms with Gasteiger partial charge in [0.2, 0.25) is 0 Å². The molecule has 0 heterocycles. The summed E-state index contributed by atoms with van der Waals surface area (Å²) in [4.78, 5) is 0.0800. The zero-order valence-electron chi connectivity index (χ0n) is 11.7. The molecule has 5 nitrogen and oxygen atoms in total. The topological polar surface area (TPSA) is 81.4 Å². The highest BCUT2D eigenvalue weighted by Gasteiger charge is 2.14. The Kier molecular flexibility index (Phi) is 6.38. The minimum absolute atomic E-state index is 0.0800. The number of methoxy groups -OCH3 is 1. The summed E-state index contributed by atoms with van der Waals surface area (Å²) in [6.07, 6.45) is 2.58. The number of halogens is 1. The zero-order chi connectivity index (χ0) is 15.2. The molecule has 1 rings (SSSR count). The monoisotopic (exact) mass is 304 g/mol. The molecule has 3 N–H and O–H groups in total. The molecule has 114 valence electrons. The highest BCUT2D eigenvalue weighted by atomic mass is 32.2. The van der Waals surface area contributed by atoms with E-state index < -0.39 is 15.7 Å². The third kappa shape index (κ3) is 5.07. The van der Waals surface area contributed by atoms with Crippen LogP contribution in [-0.4, -0.2) is 41.0 Å². The maximum Gasteiger partial charge on any atom is 0.175 e. The van der Waals surface area contributed by atoms with E-state index in [2.05, 4.69) is 5.32 Å². The van der Waals surface area contributed by atoms with E-state index >= 15 is 0 Å². The molecule has 0 aliphatic carbocycles. The Hall–Kier alpha value is -1.18. The fourth-order valence-corrected chi connectivity index (χ4v) is 2.48. The van der Waals surface area contributed by atoms with Crippen molar-refractivity contribution in [2.24, 2.45) is 5.73 Å². The summed E-state index contributed by atoms with van der Waals surface area (Å²) in [5, 5.41) is 2.98. The van der Waals surface area contributed by atoms with Crippen molar-refractivity contribution in [1.82, 2.24) is 0 Å². The van der Waals surface area contributed by atoms with Crippen molar-refractivity contribution in [3.63, 3.8) is 0 Å². The van der Waals surface area contributed by atoms with Gasteiger partial charge in [0, 0.05) is 19.4 Å². The normalized spacial score (nSPS) is 13.2. The summed E-state index contributed by atoms with van der Waals surface area (Å²) in [7, 11) is -1.81. The van der Waals surface area contributed by atoms with Gasteiger partial charge in [0.15, 0.2) is 9.84 Å². The van der Waals surface area contributed by atoms with Crippen LogP contribution in [0, 0.1) is 5.82 Å². The van der Waals surface area contributed by atoms with Crippen molar-refractivity contribution < 1.29 is 17.5 Å². The van der Waals surface area contributed by atoms with E-state index in [4.69, 9.17) is 10.5 Å². The van der Waals surface area contributed by atoms with Crippen molar-refractivity contribution in [2.75, 3.05) is 31.8 Å². The summed E-state index contributed by atoms with van der Waals surface area (Å²) in [6, 6.07) is 3.58. The second-order valence-corrected chi connectivity index (χ2v) is 6.66. The Bertz CT molecular complexity index is 534. The third-order valence-electron chi connectivity index (χ3n) is 2.85. The number of hydrogen-bond donors (Lipinski definition) is 2. The Morgan fingerprint density at radius 3 is 2.70 bits per heavy atom. The first-order valence-electron chi connectivity index (χ1n) is 6.33. The Morgan fingerprint density at radius 2 is 2.15 bits per heavy atom. The third-order valence-corrected chi connectivity index (χ3v) is 3.96. The Morgan fingerprint density at radius 1 is 1.45 bits per heavy atom. The molecule has 20 heavy (non-hydrogen) atoms. The summed E-state index contributed by atoms with van der Waals surface area (Å²) >= 11 is 0. The molecule has 0 fully saturated rings. The standard InChI is InChI=1S/C13H21FN2O3S/c1-19-9-10(4-3-7-15)16-13-8-11(20(2,17)18)5-6-12(13)14/h5-6,8,10,16H,3-4,7,9,15H2,1-2H3. The van der Waals surface area contributed by atoms with Crippen LogP contribution in [0.1, 0.15) is 12.8 Å². The van der Waals surface area contributed by atoms with Crippen molar-refractivity contribution >= 4 is 15.5 Å². The quantitative estimate of drug-likeness (QED) is 0.709. The summed E-state index contributed by atoms with van der Waals surface area (Å²) in [6.45, 7) is 0.927. The summed E-state index contributed by atoms with van der Waals surface area (Å²) in [5.41, 5.74) is 5.61. The first-order chi connectivity index (χ1) is 9.38. The molecule has 0 aliphatic rings. The summed E-state index contributed by atoms with van der Waals surface area (Å²) in [5.74, 6) is -0.494. The van der Waals surface area contributed by atoms with E-state index in [1.54, 1.807) is 7.11 Å². The van der Waals surface area contributed by atoms with E-state index in [9.17, 15) is 12.8 Å². The second-order valence-electron chi connectivity index (χ2n) is 4.64. The molecule has 1 aromatic carbocycles.